The summed E-state index contributed by atoms with van der Waals surface area (Å²) in [6.45, 7) is 2.99. The van der Waals surface area contributed by atoms with Gasteiger partial charge in [-0.3, -0.25) is 9.78 Å². The third-order valence-electron chi connectivity index (χ3n) is 2.38. The number of pyridine rings is 1. The molecule has 2 heterocycles. The minimum absolute atomic E-state index is 0.146. The number of hydrogen-bond acceptors (Lipinski definition) is 4. The molecule has 2 aromatic heterocycles. The summed E-state index contributed by atoms with van der Waals surface area (Å²) in [5, 5.41) is 9.84. The van der Waals surface area contributed by atoms with Gasteiger partial charge in [-0.15, -0.1) is 0 Å². The molecule has 0 unspecified atom stereocenters. The van der Waals surface area contributed by atoms with Crippen molar-refractivity contribution in [2.24, 2.45) is 0 Å². The van der Waals surface area contributed by atoms with Crippen molar-refractivity contribution in [2.75, 3.05) is 6.54 Å². The third-order valence-corrected chi connectivity index (χ3v) is 2.38. The second-order valence-corrected chi connectivity index (χ2v) is 3.50. The quantitative estimate of drug-likeness (QED) is 0.846. The highest BCUT2D eigenvalue weighted by atomic mass is 16.2. The van der Waals surface area contributed by atoms with E-state index in [-0.39, 0.29) is 5.91 Å². The zero-order chi connectivity index (χ0) is 12.1. The minimum Gasteiger partial charge on any atom is -0.332 e. The summed E-state index contributed by atoms with van der Waals surface area (Å²) in [7, 11) is 0. The van der Waals surface area contributed by atoms with Gasteiger partial charge < -0.3 is 4.90 Å². The van der Waals surface area contributed by atoms with Crippen LogP contribution in [0.25, 0.3) is 0 Å². The van der Waals surface area contributed by atoms with Crippen molar-refractivity contribution in [3.8, 4) is 0 Å². The van der Waals surface area contributed by atoms with Gasteiger partial charge in [-0.25, -0.2) is 0 Å². The number of hydrogen-bond donors (Lipinski definition) is 1. The molecule has 0 atom stereocenters. The number of aromatic nitrogens is 4. The molecule has 2 rings (SSSR count). The molecular formula is C11H13N5O. The Labute approximate surface area is 98.7 Å². The topological polar surface area (TPSA) is 74.8 Å². The summed E-state index contributed by atoms with van der Waals surface area (Å²) in [6.07, 6.45) is 3.13. The summed E-state index contributed by atoms with van der Waals surface area (Å²) >= 11 is 0. The first kappa shape index (κ1) is 11.3. The lowest BCUT2D eigenvalue weighted by atomic mass is 10.3. The standard InChI is InChI=1S/C11H13N5O/c1-2-16(8-9-5-3-4-6-12-9)11(17)10-7-13-15-14-10/h3-7H,2,8H2,1H3,(H,13,14,15). The average molecular weight is 231 g/mol. The molecule has 0 aliphatic rings. The van der Waals surface area contributed by atoms with E-state index in [0.717, 1.165) is 5.69 Å². The molecule has 0 saturated heterocycles. The van der Waals surface area contributed by atoms with Crippen molar-refractivity contribution in [3.05, 3.63) is 42.0 Å². The third kappa shape index (κ3) is 2.66. The van der Waals surface area contributed by atoms with Crippen LogP contribution in [0.1, 0.15) is 23.1 Å². The summed E-state index contributed by atoms with van der Waals surface area (Å²) in [5.41, 5.74) is 1.17. The highest BCUT2D eigenvalue weighted by molar-refractivity contribution is 5.91. The summed E-state index contributed by atoms with van der Waals surface area (Å²) in [4.78, 5) is 17.9. The number of nitrogens with zero attached hydrogens (tertiary/aromatic N) is 4. The van der Waals surface area contributed by atoms with E-state index >= 15 is 0 Å². The zero-order valence-corrected chi connectivity index (χ0v) is 9.50. The fraction of sp³-hybridized carbons (Fsp3) is 0.273. The molecule has 0 fully saturated rings. The van der Waals surface area contributed by atoms with Gasteiger partial charge in [-0.1, -0.05) is 6.07 Å². The molecule has 0 bridgehead atoms. The molecule has 2 aromatic rings. The molecule has 0 aliphatic heterocycles. The number of aromatic amines is 1. The molecule has 6 heteroatoms. The van der Waals surface area contributed by atoms with Gasteiger partial charge in [0.05, 0.1) is 18.4 Å². The van der Waals surface area contributed by atoms with E-state index in [0.29, 0.717) is 18.8 Å². The van der Waals surface area contributed by atoms with Crippen LogP contribution in [0.5, 0.6) is 0 Å². The first-order valence-electron chi connectivity index (χ1n) is 5.36. The van der Waals surface area contributed by atoms with Crippen LogP contribution in [0.2, 0.25) is 0 Å². The maximum Gasteiger partial charge on any atom is 0.276 e. The van der Waals surface area contributed by atoms with E-state index in [2.05, 4.69) is 20.4 Å². The van der Waals surface area contributed by atoms with Gasteiger partial charge in [-0.05, 0) is 19.1 Å². The maximum atomic E-state index is 12.0. The molecular weight excluding hydrogens is 218 g/mol. The van der Waals surface area contributed by atoms with Crippen LogP contribution in [0, 0.1) is 0 Å². The van der Waals surface area contributed by atoms with E-state index in [1.54, 1.807) is 11.1 Å². The van der Waals surface area contributed by atoms with Gasteiger partial charge >= 0.3 is 0 Å². The highest BCUT2D eigenvalue weighted by Gasteiger charge is 2.17. The van der Waals surface area contributed by atoms with Gasteiger partial charge in [0, 0.05) is 12.7 Å². The van der Waals surface area contributed by atoms with Crippen molar-refractivity contribution < 1.29 is 4.79 Å². The lowest BCUT2D eigenvalue weighted by molar-refractivity contribution is 0.0744. The number of carbonyl (C=O) groups is 1. The lowest BCUT2D eigenvalue weighted by Crippen LogP contribution is -2.30. The van der Waals surface area contributed by atoms with Crippen LogP contribution in [-0.4, -0.2) is 37.7 Å². The monoisotopic (exact) mass is 231 g/mol. The number of amides is 1. The molecule has 1 N–H and O–H groups in total. The number of H-pyrrole nitrogens is 1. The first-order chi connectivity index (χ1) is 8.31. The number of nitrogens with one attached hydrogen (secondary N) is 1. The van der Waals surface area contributed by atoms with Crippen molar-refractivity contribution >= 4 is 5.91 Å². The molecule has 6 nitrogen and oxygen atoms in total. The average Bonchev–Trinajstić information content (AvgIpc) is 2.90. The van der Waals surface area contributed by atoms with Crippen molar-refractivity contribution in [1.82, 2.24) is 25.3 Å². The zero-order valence-electron chi connectivity index (χ0n) is 9.50. The molecule has 0 saturated carbocycles. The molecule has 1 amide bonds. The van der Waals surface area contributed by atoms with E-state index < -0.39 is 0 Å². The van der Waals surface area contributed by atoms with E-state index in [4.69, 9.17) is 0 Å². The predicted molar refractivity (Wildman–Crippen MR) is 61.0 cm³/mol. The fourth-order valence-corrected chi connectivity index (χ4v) is 1.48. The van der Waals surface area contributed by atoms with Crippen molar-refractivity contribution in [2.45, 2.75) is 13.5 Å². The first-order valence-corrected chi connectivity index (χ1v) is 5.36. The van der Waals surface area contributed by atoms with Gasteiger partial charge in [0.15, 0.2) is 5.69 Å². The second kappa shape index (κ2) is 5.20. The predicted octanol–water partition coefficient (Wildman–Crippen LogP) is 0.862. The van der Waals surface area contributed by atoms with E-state index in [1.807, 2.05) is 25.1 Å². The molecule has 17 heavy (non-hydrogen) atoms. The fourth-order valence-electron chi connectivity index (χ4n) is 1.48. The molecule has 0 aromatic carbocycles. The van der Waals surface area contributed by atoms with Crippen LogP contribution in [0.15, 0.2) is 30.6 Å². The van der Waals surface area contributed by atoms with Crippen LogP contribution in [0.4, 0.5) is 0 Å². The van der Waals surface area contributed by atoms with Crippen molar-refractivity contribution in [3.63, 3.8) is 0 Å². The van der Waals surface area contributed by atoms with Crippen LogP contribution in [0.3, 0.4) is 0 Å². The summed E-state index contributed by atoms with van der Waals surface area (Å²) < 4.78 is 0. The second-order valence-electron chi connectivity index (χ2n) is 3.50. The van der Waals surface area contributed by atoms with Crippen LogP contribution in [-0.2, 0) is 6.54 Å². The van der Waals surface area contributed by atoms with Crippen LogP contribution >= 0.6 is 0 Å². The van der Waals surface area contributed by atoms with Gasteiger partial charge in [0.1, 0.15) is 0 Å². The Morgan fingerprint density at radius 1 is 1.47 bits per heavy atom. The SMILES string of the molecule is CCN(Cc1ccccn1)C(=O)c1cn[nH]n1. The van der Waals surface area contributed by atoms with Gasteiger partial charge in [0.2, 0.25) is 0 Å². The maximum absolute atomic E-state index is 12.0. The Hall–Kier alpha value is -2.24. The molecule has 0 aliphatic carbocycles. The Bertz CT molecular complexity index is 468. The number of rotatable bonds is 4. The van der Waals surface area contributed by atoms with Gasteiger partial charge in [0.25, 0.3) is 5.91 Å². The Morgan fingerprint density at radius 3 is 2.94 bits per heavy atom. The molecule has 0 radical (unpaired) electrons. The Kier molecular flexibility index (Phi) is 3.44. The van der Waals surface area contributed by atoms with Crippen molar-refractivity contribution in [1.29, 1.82) is 0 Å². The lowest BCUT2D eigenvalue weighted by Gasteiger charge is -2.18. The number of carbonyl (C=O) groups excluding carboxylic acids is 1. The Balaban J connectivity index is 2.10. The molecule has 0 spiro atoms. The van der Waals surface area contributed by atoms with E-state index in [1.165, 1.54) is 6.20 Å². The summed E-state index contributed by atoms with van der Waals surface area (Å²) in [6, 6.07) is 5.63. The van der Waals surface area contributed by atoms with Crippen LogP contribution < -0.4 is 0 Å². The van der Waals surface area contributed by atoms with Gasteiger partial charge in [-0.2, -0.15) is 15.4 Å². The normalized spacial score (nSPS) is 10.2. The van der Waals surface area contributed by atoms with E-state index in [9.17, 15) is 4.79 Å². The smallest absolute Gasteiger partial charge is 0.276 e. The summed E-state index contributed by atoms with van der Waals surface area (Å²) in [5.74, 6) is -0.146. The Morgan fingerprint density at radius 2 is 2.35 bits per heavy atom. The largest absolute Gasteiger partial charge is 0.332 e. The minimum atomic E-state index is -0.146. The highest BCUT2D eigenvalue weighted by Crippen LogP contribution is 2.05. The molecule has 88 valence electrons.